The average Bonchev–Trinajstić information content (AvgIpc) is 2.77. The summed E-state index contributed by atoms with van der Waals surface area (Å²) in [5, 5.41) is 7.15. The second-order valence-electron chi connectivity index (χ2n) is 5.72. The van der Waals surface area contributed by atoms with E-state index < -0.39 is 0 Å². The Kier molecular flexibility index (Phi) is 5.54. The van der Waals surface area contributed by atoms with E-state index in [0.29, 0.717) is 0 Å². The van der Waals surface area contributed by atoms with Gasteiger partial charge in [0.15, 0.2) is 0 Å². The molecule has 1 aromatic heterocycles. The fourth-order valence-electron chi connectivity index (χ4n) is 1.65. The molecule has 0 radical (unpaired) electrons. The molecule has 0 spiro atoms. The van der Waals surface area contributed by atoms with Gasteiger partial charge in [-0.2, -0.15) is 5.10 Å². The van der Waals surface area contributed by atoms with E-state index in [9.17, 15) is 4.79 Å². The number of amides is 1. The van der Waals surface area contributed by atoms with Crippen LogP contribution >= 0.6 is 0 Å². The van der Waals surface area contributed by atoms with Crippen molar-refractivity contribution in [1.82, 2.24) is 14.7 Å². The molecule has 5 heteroatoms. The molecule has 1 N–H and O–H groups in total. The number of hydrogen-bond acceptors (Lipinski definition) is 3. The molecule has 0 aliphatic rings. The third-order valence-electron chi connectivity index (χ3n) is 3.11. The molecule has 1 heterocycles. The second kappa shape index (κ2) is 6.70. The van der Waals surface area contributed by atoms with Gasteiger partial charge in [-0.1, -0.05) is 34.6 Å². The molecule has 0 fully saturated rings. The van der Waals surface area contributed by atoms with E-state index in [1.807, 2.05) is 31.6 Å². The molecule has 0 atom stereocenters. The Bertz CT molecular complexity index is 402. The summed E-state index contributed by atoms with van der Waals surface area (Å²) in [6.07, 6.45) is 3.58. The number of rotatable bonds is 6. The van der Waals surface area contributed by atoms with E-state index >= 15 is 0 Å². The van der Waals surface area contributed by atoms with Crippen LogP contribution in [0.4, 0.5) is 5.69 Å². The van der Waals surface area contributed by atoms with Crippen LogP contribution in [0.25, 0.3) is 0 Å². The van der Waals surface area contributed by atoms with Crippen LogP contribution in [0.2, 0.25) is 0 Å². The van der Waals surface area contributed by atoms with Crippen LogP contribution in [0.3, 0.4) is 0 Å². The van der Waals surface area contributed by atoms with Crippen molar-refractivity contribution in [3.8, 4) is 0 Å². The lowest BCUT2D eigenvalue weighted by atomic mass is 9.96. The number of nitrogens with zero attached hydrogens (tertiary/aromatic N) is 3. The summed E-state index contributed by atoms with van der Waals surface area (Å²) in [6.45, 7) is 13.9. The van der Waals surface area contributed by atoms with Gasteiger partial charge in [0.1, 0.15) is 0 Å². The van der Waals surface area contributed by atoms with Crippen LogP contribution in [0.1, 0.15) is 34.6 Å². The lowest BCUT2D eigenvalue weighted by molar-refractivity contribution is -0.123. The minimum atomic E-state index is -0.386. The van der Waals surface area contributed by atoms with Crippen molar-refractivity contribution in [2.75, 3.05) is 25.0 Å². The number of likely N-dealkylation sites (N-methyl/N-ethyl adjacent to an activating group) is 1. The number of anilines is 1. The van der Waals surface area contributed by atoms with Crippen molar-refractivity contribution < 1.29 is 4.79 Å². The molecule has 0 bridgehead atoms. The van der Waals surface area contributed by atoms with Crippen molar-refractivity contribution in [3.05, 3.63) is 12.4 Å². The van der Waals surface area contributed by atoms with Gasteiger partial charge in [-0.25, -0.2) is 0 Å². The first-order valence-electron chi connectivity index (χ1n) is 6.93. The largest absolute Gasteiger partial charge is 0.323 e. The molecule has 1 aromatic rings. The summed E-state index contributed by atoms with van der Waals surface area (Å²) < 4.78 is 1.87. The molecule has 1 amide bonds. The molecular formula is C14H26N4O. The van der Waals surface area contributed by atoms with Crippen LogP contribution in [0.5, 0.6) is 0 Å². The summed E-state index contributed by atoms with van der Waals surface area (Å²) in [6, 6.07) is 0. The Hall–Kier alpha value is -1.36. The highest BCUT2D eigenvalue weighted by molar-refractivity contribution is 5.94. The maximum absolute atomic E-state index is 11.8. The molecule has 108 valence electrons. The highest BCUT2D eigenvalue weighted by Crippen LogP contribution is 2.16. The van der Waals surface area contributed by atoms with Crippen molar-refractivity contribution in [2.24, 2.45) is 5.41 Å². The Morgan fingerprint density at radius 1 is 1.37 bits per heavy atom. The Labute approximate surface area is 116 Å². The standard InChI is InChI=1S/C14H26N4O/c1-6-17(7-2)8-9-18-11-12(10-15-18)16-13(19)14(3,4)5/h10-11H,6-9H2,1-5H3,(H,16,19). The number of carbonyl (C=O) groups excluding carboxylic acids is 1. The fraction of sp³-hybridized carbons (Fsp3) is 0.714. The normalized spacial score (nSPS) is 11.9. The Morgan fingerprint density at radius 3 is 2.53 bits per heavy atom. The molecule has 0 aliphatic heterocycles. The van der Waals surface area contributed by atoms with Gasteiger partial charge in [0.05, 0.1) is 18.4 Å². The van der Waals surface area contributed by atoms with Gasteiger partial charge >= 0.3 is 0 Å². The van der Waals surface area contributed by atoms with E-state index in [2.05, 4.69) is 29.2 Å². The fourth-order valence-corrected chi connectivity index (χ4v) is 1.65. The van der Waals surface area contributed by atoms with Crippen LogP contribution in [0.15, 0.2) is 12.4 Å². The number of carbonyl (C=O) groups is 1. The SMILES string of the molecule is CCN(CC)CCn1cc(NC(=O)C(C)(C)C)cn1. The topological polar surface area (TPSA) is 50.2 Å². The molecular weight excluding hydrogens is 240 g/mol. The van der Waals surface area contributed by atoms with Gasteiger partial charge in [0, 0.05) is 18.2 Å². The first kappa shape index (κ1) is 15.7. The van der Waals surface area contributed by atoms with Crippen molar-refractivity contribution in [1.29, 1.82) is 0 Å². The van der Waals surface area contributed by atoms with E-state index in [4.69, 9.17) is 0 Å². The van der Waals surface area contributed by atoms with Gasteiger partial charge in [-0.3, -0.25) is 9.48 Å². The zero-order chi connectivity index (χ0) is 14.5. The molecule has 1 rings (SSSR count). The van der Waals surface area contributed by atoms with Crippen LogP contribution in [-0.4, -0.2) is 40.2 Å². The summed E-state index contributed by atoms with van der Waals surface area (Å²) >= 11 is 0. The monoisotopic (exact) mass is 266 g/mol. The van der Waals surface area contributed by atoms with Gasteiger partial charge in [-0.05, 0) is 13.1 Å². The second-order valence-corrected chi connectivity index (χ2v) is 5.72. The third kappa shape index (κ3) is 5.03. The predicted molar refractivity (Wildman–Crippen MR) is 78.1 cm³/mol. The van der Waals surface area contributed by atoms with E-state index in [1.165, 1.54) is 0 Å². The molecule has 19 heavy (non-hydrogen) atoms. The number of nitrogens with one attached hydrogen (secondary N) is 1. The van der Waals surface area contributed by atoms with E-state index in [1.54, 1.807) is 6.20 Å². The van der Waals surface area contributed by atoms with Gasteiger partial charge in [-0.15, -0.1) is 0 Å². The highest BCUT2D eigenvalue weighted by atomic mass is 16.2. The quantitative estimate of drug-likeness (QED) is 0.859. The number of hydrogen-bond donors (Lipinski definition) is 1. The van der Waals surface area contributed by atoms with Crippen LogP contribution in [-0.2, 0) is 11.3 Å². The lowest BCUT2D eigenvalue weighted by Gasteiger charge is -2.17. The van der Waals surface area contributed by atoms with Crippen molar-refractivity contribution in [2.45, 2.75) is 41.2 Å². The molecule has 5 nitrogen and oxygen atoms in total. The first-order chi connectivity index (χ1) is 8.86. The number of aromatic nitrogens is 2. The zero-order valence-corrected chi connectivity index (χ0v) is 12.7. The molecule has 0 saturated carbocycles. The lowest BCUT2D eigenvalue weighted by Crippen LogP contribution is -2.27. The maximum Gasteiger partial charge on any atom is 0.229 e. The van der Waals surface area contributed by atoms with E-state index in [0.717, 1.165) is 31.9 Å². The summed E-state index contributed by atoms with van der Waals surface area (Å²) in [5.41, 5.74) is 0.378. The van der Waals surface area contributed by atoms with Crippen LogP contribution in [0, 0.1) is 5.41 Å². The molecule has 0 unspecified atom stereocenters. The Morgan fingerprint density at radius 2 is 2.00 bits per heavy atom. The van der Waals surface area contributed by atoms with E-state index in [-0.39, 0.29) is 11.3 Å². The van der Waals surface area contributed by atoms with Crippen LogP contribution < -0.4 is 5.32 Å². The minimum absolute atomic E-state index is 0.00999. The summed E-state index contributed by atoms with van der Waals surface area (Å²) in [5.74, 6) is 0.00999. The smallest absolute Gasteiger partial charge is 0.229 e. The van der Waals surface area contributed by atoms with Gasteiger partial charge < -0.3 is 10.2 Å². The molecule has 0 aromatic carbocycles. The van der Waals surface area contributed by atoms with Gasteiger partial charge in [0.25, 0.3) is 0 Å². The highest BCUT2D eigenvalue weighted by Gasteiger charge is 2.21. The minimum Gasteiger partial charge on any atom is -0.323 e. The summed E-state index contributed by atoms with van der Waals surface area (Å²) in [4.78, 5) is 14.2. The first-order valence-corrected chi connectivity index (χ1v) is 6.93. The summed E-state index contributed by atoms with van der Waals surface area (Å²) in [7, 11) is 0. The van der Waals surface area contributed by atoms with Gasteiger partial charge in [0.2, 0.25) is 5.91 Å². The molecule has 0 aliphatic carbocycles. The Balaban J connectivity index is 2.51. The van der Waals surface area contributed by atoms with Crippen molar-refractivity contribution >= 4 is 11.6 Å². The third-order valence-corrected chi connectivity index (χ3v) is 3.11. The maximum atomic E-state index is 11.8. The average molecular weight is 266 g/mol. The predicted octanol–water partition coefficient (Wildman–Crippen LogP) is 2.21. The zero-order valence-electron chi connectivity index (χ0n) is 12.7. The molecule has 0 saturated heterocycles. The van der Waals surface area contributed by atoms with Crippen molar-refractivity contribution in [3.63, 3.8) is 0 Å².